The summed E-state index contributed by atoms with van der Waals surface area (Å²) >= 11 is 0. The number of hydrogen-bond acceptors (Lipinski definition) is 6. The normalized spacial score (nSPS) is 10.1. The summed E-state index contributed by atoms with van der Waals surface area (Å²) in [7, 11) is 4.61. The molecule has 0 saturated heterocycles. The van der Waals surface area contributed by atoms with E-state index in [-0.39, 0.29) is 6.54 Å². The second-order valence-electron chi connectivity index (χ2n) is 4.97. The molecule has 0 bridgehead atoms. The third kappa shape index (κ3) is 4.07. The van der Waals surface area contributed by atoms with E-state index in [1.165, 1.54) is 21.3 Å². The molecular weight excluding hydrogens is 312 g/mol. The van der Waals surface area contributed by atoms with Crippen LogP contribution in [0.3, 0.4) is 0 Å². The van der Waals surface area contributed by atoms with Gasteiger partial charge in [0.1, 0.15) is 12.4 Å². The van der Waals surface area contributed by atoms with Crippen LogP contribution in [0.5, 0.6) is 17.2 Å². The third-order valence-electron chi connectivity index (χ3n) is 3.40. The number of hydrogen-bond donors (Lipinski definition) is 1. The lowest BCUT2D eigenvalue weighted by atomic mass is 10.1. The Morgan fingerprint density at radius 1 is 1.12 bits per heavy atom. The first-order valence-corrected chi connectivity index (χ1v) is 7.25. The zero-order chi connectivity index (χ0) is 17.5. The van der Waals surface area contributed by atoms with E-state index in [0.29, 0.717) is 29.6 Å². The van der Waals surface area contributed by atoms with Gasteiger partial charge in [-0.25, -0.2) is 4.98 Å². The number of rotatable bonds is 8. The van der Waals surface area contributed by atoms with Gasteiger partial charge in [0, 0.05) is 12.7 Å². The van der Waals surface area contributed by atoms with E-state index in [1.807, 2.05) is 6.07 Å². The summed E-state index contributed by atoms with van der Waals surface area (Å²) in [6, 6.07) is 8.94. The van der Waals surface area contributed by atoms with Crippen molar-refractivity contribution in [2.24, 2.45) is 0 Å². The fourth-order valence-corrected chi connectivity index (χ4v) is 2.37. The van der Waals surface area contributed by atoms with E-state index >= 15 is 0 Å². The molecule has 0 aliphatic heterocycles. The summed E-state index contributed by atoms with van der Waals surface area (Å²) in [6.45, 7) is 0.160. The van der Waals surface area contributed by atoms with Gasteiger partial charge in [-0.05, 0) is 29.8 Å². The molecule has 7 nitrogen and oxygen atoms in total. The second-order valence-corrected chi connectivity index (χ2v) is 4.97. The van der Waals surface area contributed by atoms with Crippen LogP contribution in [0.1, 0.15) is 5.56 Å². The summed E-state index contributed by atoms with van der Waals surface area (Å²) in [5, 5.41) is 9.17. The van der Waals surface area contributed by atoms with E-state index in [1.54, 1.807) is 35.4 Å². The highest BCUT2D eigenvalue weighted by atomic mass is 16.5. The zero-order valence-electron chi connectivity index (χ0n) is 13.9. The highest BCUT2D eigenvalue weighted by Gasteiger charge is 2.17. The molecule has 128 valence electrons. The maximum Gasteiger partial charge on any atom is 0.323 e. The van der Waals surface area contributed by atoms with Crippen LogP contribution in [0.25, 0.3) is 0 Å². The van der Waals surface area contributed by atoms with Crippen molar-refractivity contribution in [1.29, 1.82) is 0 Å². The smallest absolute Gasteiger partial charge is 0.323 e. The Hall–Kier alpha value is -2.96. The Morgan fingerprint density at radius 2 is 1.79 bits per heavy atom. The molecule has 0 aliphatic rings. The monoisotopic (exact) mass is 332 g/mol. The van der Waals surface area contributed by atoms with E-state index in [2.05, 4.69) is 4.98 Å². The fraction of sp³-hybridized carbons (Fsp3) is 0.294. The molecule has 7 heteroatoms. The van der Waals surface area contributed by atoms with E-state index in [0.717, 1.165) is 5.56 Å². The van der Waals surface area contributed by atoms with Gasteiger partial charge in [-0.15, -0.1) is 0 Å². The minimum Gasteiger partial charge on any atom is -0.493 e. The number of carbonyl (C=O) groups is 1. The Bertz CT molecular complexity index is 666. The number of anilines is 1. The van der Waals surface area contributed by atoms with Crippen LogP contribution in [0, 0.1) is 0 Å². The molecule has 1 heterocycles. The first-order chi connectivity index (χ1) is 11.6. The Morgan fingerprint density at radius 3 is 2.25 bits per heavy atom. The van der Waals surface area contributed by atoms with Crippen LogP contribution in [-0.4, -0.2) is 43.9 Å². The summed E-state index contributed by atoms with van der Waals surface area (Å²) in [6.07, 6.45) is 1.62. The molecule has 0 saturated carbocycles. The van der Waals surface area contributed by atoms with Crippen LogP contribution in [-0.2, 0) is 11.3 Å². The summed E-state index contributed by atoms with van der Waals surface area (Å²) in [5.74, 6) is 1.17. The Labute approximate surface area is 140 Å². The third-order valence-corrected chi connectivity index (χ3v) is 3.40. The van der Waals surface area contributed by atoms with Crippen LogP contribution >= 0.6 is 0 Å². The molecular formula is C17H20N2O5. The molecule has 0 unspecified atom stereocenters. The van der Waals surface area contributed by atoms with Crippen molar-refractivity contribution < 1.29 is 24.1 Å². The number of nitrogens with zero attached hydrogens (tertiary/aromatic N) is 2. The standard InChI is InChI=1S/C17H20N2O5/c1-22-13-8-12(9-14(23-2)17(13)24-3)10-19(11-16(20)21)15-6-4-5-7-18-15/h4-9H,10-11H2,1-3H3,(H,20,21). The van der Waals surface area contributed by atoms with Crippen molar-refractivity contribution in [2.45, 2.75) is 6.54 Å². The lowest BCUT2D eigenvalue weighted by Crippen LogP contribution is -2.29. The molecule has 0 aliphatic carbocycles. The zero-order valence-corrected chi connectivity index (χ0v) is 13.9. The lowest BCUT2D eigenvalue weighted by molar-refractivity contribution is -0.135. The highest BCUT2D eigenvalue weighted by Crippen LogP contribution is 2.38. The molecule has 2 rings (SSSR count). The predicted molar refractivity (Wildman–Crippen MR) is 89.0 cm³/mol. The number of pyridine rings is 1. The average molecular weight is 332 g/mol. The first-order valence-electron chi connectivity index (χ1n) is 7.25. The average Bonchev–Trinajstić information content (AvgIpc) is 2.60. The summed E-state index contributed by atoms with van der Waals surface area (Å²) in [5.41, 5.74) is 0.816. The maximum atomic E-state index is 11.2. The molecule has 0 amide bonds. The van der Waals surface area contributed by atoms with Gasteiger partial charge in [0.25, 0.3) is 0 Å². The quantitative estimate of drug-likeness (QED) is 0.793. The largest absolute Gasteiger partial charge is 0.493 e. The molecule has 0 atom stereocenters. The second kappa shape index (κ2) is 8.05. The van der Waals surface area contributed by atoms with Crippen LogP contribution < -0.4 is 19.1 Å². The molecule has 1 aromatic carbocycles. The van der Waals surface area contributed by atoms with Gasteiger partial charge < -0.3 is 24.2 Å². The van der Waals surface area contributed by atoms with Crippen LogP contribution in [0.4, 0.5) is 5.82 Å². The number of aromatic nitrogens is 1. The van der Waals surface area contributed by atoms with Gasteiger partial charge in [-0.2, -0.15) is 0 Å². The molecule has 0 radical (unpaired) electrons. The van der Waals surface area contributed by atoms with Crippen molar-refractivity contribution in [3.63, 3.8) is 0 Å². The maximum absolute atomic E-state index is 11.2. The SMILES string of the molecule is COc1cc(CN(CC(=O)O)c2ccccn2)cc(OC)c1OC. The Balaban J connectivity index is 2.36. The van der Waals surface area contributed by atoms with E-state index in [9.17, 15) is 4.79 Å². The van der Waals surface area contributed by atoms with E-state index in [4.69, 9.17) is 19.3 Å². The van der Waals surface area contributed by atoms with E-state index < -0.39 is 5.97 Å². The van der Waals surface area contributed by atoms with Crippen molar-refractivity contribution >= 4 is 11.8 Å². The van der Waals surface area contributed by atoms with Crippen molar-refractivity contribution in [2.75, 3.05) is 32.8 Å². The van der Waals surface area contributed by atoms with Gasteiger partial charge in [-0.1, -0.05) is 6.07 Å². The number of carboxylic acids is 1. The van der Waals surface area contributed by atoms with Gasteiger partial charge >= 0.3 is 5.97 Å². The van der Waals surface area contributed by atoms with Gasteiger partial charge in [0.2, 0.25) is 5.75 Å². The lowest BCUT2D eigenvalue weighted by Gasteiger charge is -2.23. The Kier molecular flexibility index (Phi) is 5.83. The molecule has 1 N–H and O–H groups in total. The topological polar surface area (TPSA) is 81.1 Å². The number of aliphatic carboxylic acids is 1. The molecule has 2 aromatic rings. The number of carboxylic acid groups (broad SMARTS) is 1. The van der Waals surface area contributed by atoms with Crippen molar-refractivity contribution in [1.82, 2.24) is 4.98 Å². The van der Waals surface area contributed by atoms with Crippen molar-refractivity contribution in [3.8, 4) is 17.2 Å². The van der Waals surface area contributed by atoms with Gasteiger partial charge in [0.05, 0.1) is 21.3 Å². The summed E-state index contributed by atoms with van der Waals surface area (Å²) < 4.78 is 16.0. The summed E-state index contributed by atoms with van der Waals surface area (Å²) in [4.78, 5) is 17.1. The van der Waals surface area contributed by atoms with Gasteiger partial charge in [0.15, 0.2) is 11.5 Å². The molecule has 24 heavy (non-hydrogen) atoms. The fourth-order valence-electron chi connectivity index (χ4n) is 2.37. The van der Waals surface area contributed by atoms with Crippen molar-refractivity contribution in [3.05, 3.63) is 42.1 Å². The molecule has 0 fully saturated rings. The van der Waals surface area contributed by atoms with Crippen LogP contribution in [0.2, 0.25) is 0 Å². The highest BCUT2D eigenvalue weighted by molar-refractivity contribution is 5.73. The number of ether oxygens (including phenoxy) is 3. The number of benzene rings is 1. The predicted octanol–water partition coefficient (Wildman–Crippen LogP) is 2.20. The minimum atomic E-state index is -0.937. The van der Waals surface area contributed by atoms with Crippen LogP contribution in [0.15, 0.2) is 36.5 Å². The number of methoxy groups -OCH3 is 3. The van der Waals surface area contributed by atoms with Gasteiger partial charge in [-0.3, -0.25) is 4.79 Å². The first kappa shape index (κ1) is 17.4. The molecule has 1 aromatic heterocycles. The minimum absolute atomic E-state index is 0.173. The molecule has 0 spiro atoms.